The first-order chi connectivity index (χ1) is 13.2. The fraction of sp³-hybridized carbons (Fsp3) is 0.304. The fourth-order valence-electron chi connectivity index (χ4n) is 3.20. The Morgan fingerprint density at radius 3 is 2.56 bits per heavy atom. The van der Waals surface area contributed by atoms with E-state index >= 15 is 0 Å². The van der Waals surface area contributed by atoms with E-state index in [1.54, 1.807) is 0 Å². The van der Waals surface area contributed by atoms with Crippen molar-refractivity contribution in [3.8, 4) is 0 Å². The number of carbonyl (C=O) groups is 1. The summed E-state index contributed by atoms with van der Waals surface area (Å²) in [5.74, 6) is -0.175. The van der Waals surface area contributed by atoms with Crippen molar-refractivity contribution in [3.63, 3.8) is 0 Å². The number of benzene rings is 2. The third-order valence-electron chi connectivity index (χ3n) is 4.54. The zero-order chi connectivity index (χ0) is 19.1. The van der Waals surface area contributed by atoms with E-state index in [-0.39, 0.29) is 12.2 Å². The van der Waals surface area contributed by atoms with E-state index in [1.165, 1.54) is 10.9 Å². The number of hydrogen-bond donors (Lipinski definition) is 0. The Balaban J connectivity index is 1.86. The van der Waals surface area contributed by atoms with Gasteiger partial charge in [-0.3, -0.25) is 4.79 Å². The maximum absolute atomic E-state index is 11.6. The standard InChI is InChI=1S/C23H26NO3/c1-3-26-22(25)14-9-17-27-23(19-10-5-4-6-11-19)24-16-15-18(2)20-12-7-8-13-21(20)24/h4-8,10-13,15-16,23H,3,9,14,17H2,1-2H3/q+1. The summed E-state index contributed by atoms with van der Waals surface area (Å²) < 4.78 is 13.4. The van der Waals surface area contributed by atoms with Crippen molar-refractivity contribution in [3.05, 3.63) is 78.0 Å². The molecule has 0 aliphatic rings. The number of fused-ring (bicyclic) bond motifs is 1. The highest BCUT2D eigenvalue weighted by atomic mass is 16.5. The first-order valence-electron chi connectivity index (χ1n) is 9.42. The second kappa shape index (κ2) is 9.28. The molecule has 1 heterocycles. The highest BCUT2D eigenvalue weighted by Crippen LogP contribution is 2.20. The highest BCUT2D eigenvalue weighted by molar-refractivity contribution is 5.78. The number of aromatic nitrogens is 1. The van der Waals surface area contributed by atoms with Crippen LogP contribution in [0.2, 0.25) is 0 Å². The topological polar surface area (TPSA) is 39.4 Å². The number of ether oxygens (including phenoxy) is 2. The lowest BCUT2D eigenvalue weighted by atomic mass is 10.1. The van der Waals surface area contributed by atoms with Crippen LogP contribution >= 0.6 is 0 Å². The minimum atomic E-state index is -0.251. The molecule has 0 fully saturated rings. The number of esters is 1. The molecular formula is C23H26NO3+. The molecule has 1 unspecified atom stereocenters. The fourth-order valence-corrected chi connectivity index (χ4v) is 3.20. The molecular weight excluding hydrogens is 338 g/mol. The maximum Gasteiger partial charge on any atom is 0.305 e. The monoisotopic (exact) mass is 364 g/mol. The van der Waals surface area contributed by atoms with Gasteiger partial charge in [0.25, 0.3) is 6.23 Å². The van der Waals surface area contributed by atoms with Crippen molar-refractivity contribution >= 4 is 16.9 Å². The Morgan fingerprint density at radius 2 is 1.78 bits per heavy atom. The van der Waals surface area contributed by atoms with Crippen molar-refractivity contribution < 1.29 is 18.8 Å². The predicted octanol–water partition coefficient (Wildman–Crippen LogP) is 4.34. The average Bonchev–Trinajstić information content (AvgIpc) is 2.70. The number of pyridine rings is 1. The van der Waals surface area contributed by atoms with Crippen molar-refractivity contribution in [2.75, 3.05) is 13.2 Å². The summed E-state index contributed by atoms with van der Waals surface area (Å²) in [6, 6.07) is 20.6. The van der Waals surface area contributed by atoms with Gasteiger partial charge in [0.1, 0.15) is 0 Å². The quantitative estimate of drug-likeness (QED) is 0.339. The van der Waals surface area contributed by atoms with Crippen LogP contribution in [0.25, 0.3) is 10.9 Å². The molecule has 0 spiro atoms. The first kappa shape index (κ1) is 19.1. The van der Waals surface area contributed by atoms with Crippen LogP contribution in [0.5, 0.6) is 0 Å². The molecule has 2 aromatic carbocycles. The number of carbonyl (C=O) groups excluding carboxylic acids is 1. The van der Waals surface area contributed by atoms with Gasteiger partial charge in [-0.05, 0) is 44.0 Å². The predicted molar refractivity (Wildman–Crippen MR) is 105 cm³/mol. The Labute approximate surface area is 160 Å². The van der Waals surface area contributed by atoms with Gasteiger partial charge in [-0.1, -0.05) is 30.3 Å². The van der Waals surface area contributed by atoms with Gasteiger partial charge in [-0.15, -0.1) is 0 Å². The first-order valence-corrected chi connectivity index (χ1v) is 9.42. The smallest absolute Gasteiger partial charge is 0.305 e. The van der Waals surface area contributed by atoms with Crippen LogP contribution in [-0.2, 0) is 14.3 Å². The second-order valence-electron chi connectivity index (χ2n) is 6.47. The third-order valence-corrected chi connectivity index (χ3v) is 4.54. The van der Waals surface area contributed by atoms with Gasteiger partial charge in [0.15, 0.2) is 6.20 Å². The van der Waals surface area contributed by atoms with Crippen LogP contribution in [0.4, 0.5) is 0 Å². The molecule has 4 nitrogen and oxygen atoms in total. The molecule has 0 radical (unpaired) electrons. The summed E-state index contributed by atoms with van der Waals surface area (Å²) in [5.41, 5.74) is 3.43. The molecule has 27 heavy (non-hydrogen) atoms. The number of hydrogen-bond acceptors (Lipinski definition) is 3. The van der Waals surface area contributed by atoms with Crippen molar-refractivity contribution in [2.45, 2.75) is 32.9 Å². The van der Waals surface area contributed by atoms with Crippen LogP contribution in [-0.4, -0.2) is 19.2 Å². The molecule has 0 bridgehead atoms. The zero-order valence-electron chi connectivity index (χ0n) is 15.9. The third kappa shape index (κ3) is 4.72. The van der Waals surface area contributed by atoms with Gasteiger partial charge < -0.3 is 9.47 Å². The lowest BCUT2D eigenvalue weighted by Crippen LogP contribution is -2.42. The van der Waals surface area contributed by atoms with Gasteiger partial charge in [0, 0.05) is 29.5 Å². The summed E-state index contributed by atoms with van der Waals surface area (Å²) in [4.78, 5) is 11.6. The summed E-state index contributed by atoms with van der Waals surface area (Å²) >= 11 is 0. The van der Waals surface area contributed by atoms with Crippen LogP contribution in [0, 0.1) is 6.92 Å². The Bertz CT molecular complexity index is 893. The second-order valence-corrected chi connectivity index (χ2v) is 6.47. The van der Waals surface area contributed by atoms with E-state index < -0.39 is 0 Å². The van der Waals surface area contributed by atoms with Gasteiger partial charge in [-0.25, -0.2) is 0 Å². The van der Waals surface area contributed by atoms with Crippen molar-refractivity contribution in [1.82, 2.24) is 0 Å². The lowest BCUT2D eigenvalue weighted by molar-refractivity contribution is -0.729. The summed E-state index contributed by atoms with van der Waals surface area (Å²) in [6.45, 7) is 4.83. The van der Waals surface area contributed by atoms with Crippen molar-refractivity contribution in [2.24, 2.45) is 0 Å². The largest absolute Gasteiger partial charge is 0.466 e. The van der Waals surface area contributed by atoms with E-state index in [0.29, 0.717) is 26.1 Å². The summed E-state index contributed by atoms with van der Waals surface area (Å²) in [7, 11) is 0. The molecule has 3 rings (SSSR count). The number of rotatable bonds is 8. The van der Waals surface area contributed by atoms with E-state index in [2.05, 4.69) is 54.1 Å². The van der Waals surface area contributed by atoms with Crippen LogP contribution in [0.15, 0.2) is 66.9 Å². The van der Waals surface area contributed by atoms with E-state index in [9.17, 15) is 4.79 Å². The number of nitrogens with zero attached hydrogens (tertiary/aromatic N) is 1. The molecule has 0 aliphatic carbocycles. The molecule has 0 saturated carbocycles. The van der Waals surface area contributed by atoms with Gasteiger partial charge >= 0.3 is 5.97 Å². The minimum Gasteiger partial charge on any atom is -0.466 e. The maximum atomic E-state index is 11.6. The normalized spacial score (nSPS) is 12.1. The summed E-state index contributed by atoms with van der Waals surface area (Å²) in [5, 5.41) is 1.20. The average molecular weight is 364 g/mol. The zero-order valence-corrected chi connectivity index (χ0v) is 15.9. The van der Waals surface area contributed by atoms with Crippen LogP contribution in [0.3, 0.4) is 0 Å². The van der Waals surface area contributed by atoms with E-state index in [0.717, 1.165) is 11.1 Å². The van der Waals surface area contributed by atoms with Gasteiger partial charge in [0.2, 0.25) is 5.52 Å². The SMILES string of the molecule is CCOC(=O)CCCOC(c1ccccc1)[n+]1ccc(C)c2ccccc21. The molecule has 0 amide bonds. The molecule has 140 valence electrons. The highest BCUT2D eigenvalue weighted by Gasteiger charge is 2.24. The Morgan fingerprint density at radius 1 is 1.04 bits per heavy atom. The lowest BCUT2D eigenvalue weighted by Gasteiger charge is -2.16. The molecule has 0 aliphatic heterocycles. The molecule has 0 saturated heterocycles. The Kier molecular flexibility index (Phi) is 6.55. The van der Waals surface area contributed by atoms with Gasteiger partial charge in [0.05, 0.1) is 13.2 Å². The molecule has 3 aromatic rings. The van der Waals surface area contributed by atoms with Gasteiger partial charge in [-0.2, -0.15) is 4.57 Å². The number of aryl methyl sites for hydroxylation is 1. The van der Waals surface area contributed by atoms with E-state index in [1.807, 2.05) is 31.2 Å². The molecule has 0 N–H and O–H groups in total. The molecule has 1 aromatic heterocycles. The minimum absolute atomic E-state index is 0.175. The van der Waals surface area contributed by atoms with E-state index in [4.69, 9.17) is 9.47 Å². The summed E-state index contributed by atoms with van der Waals surface area (Å²) in [6.07, 6.45) is 2.82. The molecule has 1 atom stereocenters. The Hall–Kier alpha value is -2.72. The van der Waals surface area contributed by atoms with Crippen LogP contribution in [0.1, 0.15) is 37.1 Å². The number of para-hydroxylation sites is 1. The van der Waals surface area contributed by atoms with Crippen molar-refractivity contribution in [1.29, 1.82) is 0 Å². The van der Waals surface area contributed by atoms with Crippen LogP contribution < -0.4 is 4.57 Å². The molecule has 4 heteroatoms.